The molecule has 0 spiro atoms. The summed E-state index contributed by atoms with van der Waals surface area (Å²) in [6, 6.07) is 23.0. The van der Waals surface area contributed by atoms with Crippen molar-refractivity contribution >= 4 is 23.8 Å². The molecule has 1 saturated heterocycles. The van der Waals surface area contributed by atoms with E-state index in [1.165, 1.54) is 4.90 Å². The number of anilines is 1. The van der Waals surface area contributed by atoms with E-state index >= 15 is 0 Å². The van der Waals surface area contributed by atoms with Crippen molar-refractivity contribution < 1.29 is 14.4 Å². The molecule has 1 fully saturated rings. The number of imide groups is 1. The molecule has 3 aliphatic carbocycles. The highest BCUT2D eigenvalue weighted by Crippen LogP contribution is 2.66. The van der Waals surface area contributed by atoms with Crippen molar-refractivity contribution in [1.82, 2.24) is 0 Å². The number of rotatable bonds is 2. The summed E-state index contributed by atoms with van der Waals surface area (Å²) < 4.78 is 0. The second kappa shape index (κ2) is 5.79. The average molecular weight is 407 g/mol. The summed E-state index contributed by atoms with van der Waals surface area (Å²) in [5, 5.41) is 0. The molecule has 2 amide bonds. The maximum Gasteiger partial charge on any atom is 0.239 e. The molecule has 0 aromatic heterocycles. The topological polar surface area (TPSA) is 54.5 Å². The molecule has 1 aliphatic heterocycles. The van der Waals surface area contributed by atoms with E-state index in [0.717, 1.165) is 34.1 Å². The zero-order chi connectivity index (χ0) is 21.5. The SMILES string of the molecule is Cc1cccc(N2C(=O)[C@H]3[C@H](C2=O)C2(C=O)c4ccccc4C3(C)c3ccccc32)c1. The number of nitrogens with zero attached hydrogens (tertiary/aromatic N) is 1. The summed E-state index contributed by atoms with van der Waals surface area (Å²) in [6.07, 6.45) is 0.909. The van der Waals surface area contributed by atoms with Crippen LogP contribution in [0.1, 0.15) is 34.7 Å². The molecule has 31 heavy (non-hydrogen) atoms. The molecule has 152 valence electrons. The van der Waals surface area contributed by atoms with Crippen LogP contribution in [0.25, 0.3) is 0 Å². The molecule has 3 aromatic rings. The highest BCUT2D eigenvalue weighted by molar-refractivity contribution is 6.25. The first-order chi connectivity index (χ1) is 15.0. The van der Waals surface area contributed by atoms with Crippen molar-refractivity contribution in [3.05, 3.63) is 101 Å². The monoisotopic (exact) mass is 407 g/mol. The zero-order valence-electron chi connectivity index (χ0n) is 17.3. The maximum atomic E-state index is 13.9. The first-order valence-electron chi connectivity index (χ1n) is 10.6. The van der Waals surface area contributed by atoms with Gasteiger partial charge in [0.05, 0.1) is 22.9 Å². The van der Waals surface area contributed by atoms with Crippen LogP contribution in [-0.4, -0.2) is 18.1 Å². The molecule has 0 unspecified atom stereocenters. The Labute approximate surface area is 180 Å². The maximum absolute atomic E-state index is 13.9. The predicted octanol–water partition coefficient (Wildman–Crippen LogP) is 3.92. The van der Waals surface area contributed by atoms with E-state index in [0.29, 0.717) is 5.69 Å². The number of benzene rings is 3. The molecule has 4 nitrogen and oxygen atoms in total. The van der Waals surface area contributed by atoms with Crippen LogP contribution in [-0.2, 0) is 25.2 Å². The van der Waals surface area contributed by atoms with Crippen LogP contribution in [0.3, 0.4) is 0 Å². The molecule has 7 rings (SSSR count). The minimum atomic E-state index is -1.17. The summed E-state index contributed by atoms with van der Waals surface area (Å²) in [4.78, 5) is 42.1. The molecule has 0 radical (unpaired) electrons. The Morgan fingerprint density at radius 3 is 1.87 bits per heavy atom. The van der Waals surface area contributed by atoms with Gasteiger partial charge in [0, 0.05) is 5.41 Å². The molecule has 0 saturated carbocycles. The number of hydrogen-bond acceptors (Lipinski definition) is 3. The van der Waals surface area contributed by atoms with E-state index in [4.69, 9.17) is 0 Å². The van der Waals surface area contributed by atoms with Gasteiger partial charge in [0.2, 0.25) is 11.8 Å². The van der Waals surface area contributed by atoms with Gasteiger partial charge in [-0.1, -0.05) is 67.6 Å². The van der Waals surface area contributed by atoms with Gasteiger partial charge >= 0.3 is 0 Å². The van der Waals surface area contributed by atoms with Gasteiger partial charge in [0.1, 0.15) is 6.29 Å². The first kappa shape index (κ1) is 18.3. The van der Waals surface area contributed by atoms with E-state index in [2.05, 4.69) is 6.92 Å². The van der Waals surface area contributed by atoms with Gasteiger partial charge in [-0.15, -0.1) is 0 Å². The quantitative estimate of drug-likeness (QED) is 0.478. The van der Waals surface area contributed by atoms with Crippen LogP contribution < -0.4 is 4.90 Å². The summed E-state index contributed by atoms with van der Waals surface area (Å²) in [7, 11) is 0. The minimum Gasteiger partial charge on any atom is -0.302 e. The van der Waals surface area contributed by atoms with E-state index in [-0.39, 0.29) is 11.8 Å². The number of hydrogen-bond donors (Lipinski definition) is 0. The summed E-state index contributed by atoms with van der Waals surface area (Å²) in [6.45, 7) is 3.99. The molecular formula is C27H21NO3. The fourth-order valence-corrected chi connectivity index (χ4v) is 6.49. The van der Waals surface area contributed by atoms with Crippen molar-refractivity contribution in [1.29, 1.82) is 0 Å². The first-order valence-corrected chi connectivity index (χ1v) is 10.6. The van der Waals surface area contributed by atoms with Crippen LogP contribution in [0, 0.1) is 18.8 Å². The number of aryl methyl sites for hydroxylation is 1. The minimum absolute atomic E-state index is 0.224. The van der Waals surface area contributed by atoms with Crippen LogP contribution >= 0.6 is 0 Å². The lowest BCUT2D eigenvalue weighted by atomic mass is 9.42. The molecule has 2 bridgehead atoms. The van der Waals surface area contributed by atoms with Gasteiger partial charge in [0.25, 0.3) is 0 Å². The molecule has 0 N–H and O–H groups in total. The largest absolute Gasteiger partial charge is 0.302 e. The van der Waals surface area contributed by atoms with Crippen molar-refractivity contribution in [2.75, 3.05) is 4.90 Å². The molecule has 3 aromatic carbocycles. The lowest BCUT2D eigenvalue weighted by Crippen LogP contribution is -2.61. The van der Waals surface area contributed by atoms with Crippen molar-refractivity contribution in [2.45, 2.75) is 24.7 Å². The Bertz CT molecular complexity index is 1260. The molecule has 2 atom stereocenters. The van der Waals surface area contributed by atoms with Crippen LogP contribution in [0.5, 0.6) is 0 Å². The Balaban J connectivity index is 1.70. The molecule has 1 heterocycles. The van der Waals surface area contributed by atoms with Crippen molar-refractivity contribution in [2.24, 2.45) is 11.8 Å². The van der Waals surface area contributed by atoms with Gasteiger partial charge in [-0.25, -0.2) is 4.90 Å². The van der Waals surface area contributed by atoms with E-state index in [1.54, 1.807) is 6.07 Å². The summed E-state index contributed by atoms with van der Waals surface area (Å²) in [5.74, 6) is -1.90. The van der Waals surface area contributed by atoms with Gasteiger partial charge in [-0.3, -0.25) is 9.59 Å². The van der Waals surface area contributed by atoms with Gasteiger partial charge < -0.3 is 4.79 Å². The van der Waals surface area contributed by atoms with Gasteiger partial charge in [0.15, 0.2) is 0 Å². The normalized spacial score (nSPS) is 30.1. The summed E-state index contributed by atoms with van der Waals surface area (Å²) in [5.41, 5.74) is 3.32. The fraction of sp³-hybridized carbons (Fsp3) is 0.222. The third-order valence-electron chi connectivity index (χ3n) is 7.73. The van der Waals surface area contributed by atoms with E-state index in [1.807, 2.05) is 73.7 Å². The average Bonchev–Trinajstić information content (AvgIpc) is 3.06. The van der Waals surface area contributed by atoms with Crippen LogP contribution in [0.2, 0.25) is 0 Å². The second-order valence-electron chi connectivity index (χ2n) is 9.09. The standard InChI is InChI=1S/C27H21NO3/c1-16-8-7-9-17(14-16)28-24(30)22-23(25(28)31)27(15-29)20-12-5-3-10-18(20)26(22,2)19-11-4-6-13-21(19)27/h3-15,22-23H,1-2H3/t22-,23-,26?,27?/m1/s1. The Morgan fingerprint density at radius 1 is 0.774 bits per heavy atom. The number of carbonyl (C=O) groups is 3. The lowest BCUT2D eigenvalue weighted by molar-refractivity contribution is -0.129. The third-order valence-corrected chi connectivity index (χ3v) is 7.73. The Hall–Kier alpha value is -3.53. The summed E-state index contributed by atoms with van der Waals surface area (Å²) >= 11 is 0. The lowest BCUT2D eigenvalue weighted by Gasteiger charge is -2.56. The van der Waals surface area contributed by atoms with Crippen molar-refractivity contribution in [3.63, 3.8) is 0 Å². The molecule has 4 heteroatoms. The Morgan fingerprint density at radius 2 is 1.32 bits per heavy atom. The highest BCUT2D eigenvalue weighted by atomic mass is 16.2. The predicted molar refractivity (Wildman–Crippen MR) is 117 cm³/mol. The number of amides is 2. The fourth-order valence-electron chi connectivity index (χ4n) is 6.49. The number of carbonyl (C=O) groups excluding carboxylic acids is 3. The van der Waals surface area contributed by atoms with Crippen LogP contribution in [0.15, 0.2) is 72.8 Å². The molecule has 4 aliphatic rings. The van der Waals surface area contributed by atoms with Crippen molar-refractivity contribution in [3.8, 4) is 0 Å². The Kier molecular flexibility index (Phi) is 3.41. The van der Waals surface area contributed by atoms with E-state index < -0.39 is 22.7 Å². The number of aldehydes is 1. The van der Waals surface area contributed by atoms with Crippen LogP contribution in [0.4, 0.5) is 5.69 Å². The van der Waals surface area contributed by atoms with Gasteiger partial charge in [-0.2, -0.15) is 0 Å². The van der Waals surface area contributed by atoms with Gasteiger partial charge in [-0.05, 0) is 46.9 Å². The zero-order valence-corrected chi connectivity index (χ0v) is 17.3. The highest BCUT2D eigenvalue weighted by Gasteiger charge is 2.72. The third kappa shape index (κ3) is 1.89. The second-order valence-corrected chi connectivity index (χ2v) is 9.09. The molecular weight excluding hydrogens is 386 g/mol. The smallest absolute Gasteiger partial charge is 0.239 e. The van der Waals surface area contributed by atoms with E-state index in [9.17, 15) is 14.4 Å².